The second-order valence-corrected chi connectivity index (χ2v) is 8.03. The predicted octanol–water partition coefficient (Wildman–Crippen LogP) is 3.09. The smallest absolute Gasteiger partial charge is 0.276 e. The first-order chi connectivity index (χ1) is 14.8. The van der Waals surface area contributed by atoms with Gasteiger partial charge < -0.3 is 14.6 Å². The minimum absolute atomic E-state index is 0. The van der Waals surface area contributed by atoms with Crippen LogP contribution in [0.25, 0.3) is 11.5 Å². The number of hydrogen-bond donors (Lipinski definition) is 1. The van der Waals surface area contributed by atoms with E-state index >= 15 is 0 Å². The summed E-state index contributed by atoms with van der Waals surface area (Å²) < 4.78 is 7.71. The molecule has 1 saturated heterocycles. The molecule has 0 spiro atoms. The van der Waals surface area contributed by atoms with Crippen molar-refractivity contribution in [1.29, 1.82) is 0 Å². The highest BCUT2D eigenvalue weighted by Gasteiger charge is 2.28. The summed E-state index contributed by atoms with van der Waals surface area (Å²) in [4.78, 5) is 19.3. The van der Waals surface area contributed by atoms with Gasteiger partial charge in [0.15, 0.2) is 5.69 Å². The van der Waals surface area contributed by atoms with Gasteiger partial charge in [0.05, 0.1) is 12.7 Å². The molecule has 5 rings (SSSR count). The van der Waals surface area contributed by atoms with Crippen LogP contribution in [-0.2, 0) is 19.5 Å². The number of nitrogens with one attached hydrogen (secondary N) is 1. The summed E-state index contributed by atoms with van der Waals surface area (Å²) >= 11 is 0. The van der Waals surface area contributed by atoms with Crippen LogP contribution in [0.5, 0.6) is 0 Å². The van der Waals surface area contributed by atoms with Gasteiger partial charge >= 0.3 is 0 Å². The summed E-state index contributed by atoms with van der Waals surface area (Å²) in [6.07, 6.45) is 7.17. The van der Waals surface area contributed by atoms with Crippen LogP contribution < -0.4 is 5.32 Å². The molecule has 2 aliphatic rings. The molecule has 1 fully saturated rings. The minimum atomic E-state index is -0.105. The van der Waals surface area contributed by atoms with Gasteiger partial charge in [-0.15, -0.1) is 17.5 Å². The number of oxazole rings is 1. The van der Waals surface area contributed by atoms with E-state index in [1.165, 1.54) is 19.3 Å². The van der Waals surface area contributed by atoms with E-state index in [9.17, 15) is 4.79 Å². The van der Waals surface area contributed by atoms with Gasteiger partial charge in [0.1, 0.15) is 11.5 Å². The number of fused-ring (bicyclic) bond motifs is 1. The molecule has 1 unspecified atom stereocenters. The van der Waals surface area contributed by atoms with Crippen LogP contribution in [-0.4, -0.2) is 49.9 Å². The molecule has 31 heavy (non-hydrogen) atoms. The molecule has 2 aromatic heterocycles. The second kappa shape index (κ2) is 9.62. The van der Waals surface area contributed by atoms with Crippen molar-refractivity contribution in [2.75, 3.05) is 13.1 Å². The Balaban J connectivity index is 0.00000231. The SMILES string of the molecule is Cl.O=C(c1cn(CCC2CCCCN2)nn1)N1CCc2oc(-c3ccccc3)nc2C1. The third-order valence-electron chi connectivity index (χ3n) is 5.91. The maximum absolute atomic E-state index is 12.9. The molecule has 0 saturated carbocycles. The molecule has 1 amide bonds. The summed E-state index contributed by atoms with van der Waals surface area (Å²) in [5.74, 6) is 1.37. The van der Waals surface area contributed by atoms with Gasteiger partial charge in [-0.1, -0.05) is 29.8 Å². The summed E-state index contributed by atoms with van der Waals surface area (Å²) in [5.41, 5.74) is 2.16. The molecule has 1 atom stereocenters. The first-order valence-electron chi connectivity index (χ1n) is 10.7. The Kier molecular flexibility index (Phi) is 6.67. The predicted molar refractivity (Wildman–Crippen MR) is 118 cm³/mol. The first-order valence-corrected chi connectivity index (χ1v) is 10.7. The highest BCUT2D eigenvalue weighted by molar-refractivity contribution is 5.92. The molecule has 2 aliphatic heterocycles. The van der Waals surface area contributed by atoms with Gasteiger partial charge in [-0.2, -0.15) is 0 Å². The standard InChI is InChI=1S/C22H26N6O2.ClH/c29-22(19-15-28(26-25-19)13-9-17-8-4-5-11-23-17)27-12-10-20-18(14-27)24-21(30-20)16-6-2-1-3-7-16;/h1-3,6-7,15,17,23H,4-5,8-14H2;1H. The molecule has 4 heterocycles. The van der Waals surface area contributed by atoms with Crippen molar-refractivity contribution in [2.45, 2.75) is 51.2 Å². The number of benzene rings is 1. The zero-order valence-corrected chi connectivity index (χ0v) is 18.2. The van der Waals surface area contributed by atoms with Crippen LogP contribution in [0.4, 0.5) is 0 Å². The quantitative estimate of drug-likeness (QED) is 0.653. The molecule has 1 N–H and O–H groups in total. The second-order valence-electron chi connectivity index (χ2n) is 8.03. The van der Waals surface area contributed by atoms with Crippen LogP contribution >= 0.6 is 12.4 Å². The van der Waals surface area contributed by atoms with E-state index in [2.05, 4.69) is 20.6 Å². The van der Waals surface area contributed by atoms with E-state index in [1.807, 2.05) is 30.3 Å². The number of aromatic nitrogens is 4. The Morgan fingerprint density at radius 2 is 2.10 bits per heavy atom. The van der Waals surface area contributed by atoms with Crippen molar-refractivity contribution in [3.8, 4) is 11.5 Å². The summed E-state index contributed by atoms with van der Waals surface area (Å²) in [5, 5.41) is 11.8. The van der Waals surface area contributed by atoms with Gasteiger partial charge in [0.2, 0.25) is 5.89 Å². The monoisotopic (exact) mass is 442 g/mol. The summed E-state index contributed by atoms with van der Waals surface area (Å²) in [7, 11) is 0. The Hall–Kier alpha value is -2.71. The molecule has 8 nitrogen and oxygen atoms in total. The average molecular weight is 443 g/mol. The van der Waals surface area contributed by atoms with E-state index < -0.39 is 0 Å². The fourth-order valence-electron chi connectivity index (χ4n) is 4.20. The fraction of sp³-hybridized carbons (Fsp3) is 0.455. The van der Waals surface area contributed by atoms with Gasteiger partial charge in [-0.05, 0) is 37.9 Å². The molecule has 0 radical (unpaired) electrons. The van der Waals surface area contributed by atoms with Crippen LogP contribution in [0.3, 0.4) is 0 Å². The van der Waals surface area contributed by atoms with Crippen LogP contribution in [0.2, 0.25) is 0 Å². The number of rotatable bonds is 5. The Labute approximate surface area is 187 Å². The summed E-state index contributed by atoms with van der Waals surface area (Å²) in [6, 6.07) is 10.4. The van der Waals surface area contributed by atoms with Crippen molar-refractivity contribution in [2.24, 2.45) is 0 Å². The number of amides is 1. The van der Waals surface area contributed by atoms with E-state index in [0.717, 1.165) is 36.5 Å². The maximum atomic E-state index is 12.9. The lowest BCUT2D eigenvalue weighted by atomic mass is 10.0. The van der Waals surface area contributed by atoms with E-state index in [4.69, 9.17) is 4.42 Å². The topological polar surface area (TPSA) is 89.1 Å². The van der Waals surface area contributed by atoms with Crippen molar-refractivity contribution in [3.05, 3.63) is 53.7 Å². The highest BCUT2D eigenvalue weighted by Crippen LogP contribution is 2.26. The molecular formula is C22H27ClN6O2. The number of piperidine rings is 1. The third kappa shape index (κ3) is 4.80. The van der Waals surface area contributed by atoms with E-state index in [1.54, 1.807) is 15.8 Å². The average Bonchev–Trinajstić information content (AvgIpc) is 3.45. The zero-order valence-electron chi connectivity index (χ0n) is 17.4. The first kappa shape index (κ1) is 21.5. The van der Waals surface area contributed by atoms with Gasteiger partial charge in [0, 0.05) is 31.1 Å². The lowest BCUT2D eigenvalue weighted by Crippen LogP contribution is -2.36. The third-order valence-corrected chi connectivity index (χ3v) is 5.91. The molecule has 1 aromatic carbocycles. The number of aryl methyl sites for hydroxylation is 1. The fourth-order valence-corrected chi connectivity index (χ4v) is 4.20. The van der Waals surface area contributed by atoms with E-state index in [0.29, 0.717) is 37.1 Å². The number of carbonyl (C=O) groups excluding carboxylic acids is 1. The normalized spacial score (nSPS) is 18.3. The summed E-state index contributed by atoms with van der Waals surface area (Å²) in [6.45, 7) is 2.89. The maximum Gasteiger partial charge on any atom is 0.276 e. The number of hydrogen-bond acceptors (Lipinski definition) is 6. The molecule has 164 valence electrons. The molecule has 0 aliphatic carbocycles. The van der Waals surface area contributed by atoms with Crippen molar-refractivity contribution in [1.82, 2.24) is 30.2 Å². The van der Waals surface area contributed by atoms with Crippen LogP contribution in [0.15, 0.2) is 40.9 Å². The van der Waals surface area contributed by atoms with Crippen LogP contribution in [0.1, 0.15) is 47.6 Å². The molecular weight excluding hydrogens is 416 g/mol. The molecule has 9 heteroatoms. The lowest BCUT2D eigenvalue weighted by molar-refractivity contribution is 0.0722. The zero-order chi connectivity index (χ0) is 20.3. The van der Waals surface area contributed by atoms with Gasteiger partial charge in [-0.3, -0.25) is 9.48 Å². The Morgan fingerprint density at radius 3 is 2.90 bits per heavy atom. The largest absolute Gasteiger partial charge is 0.441 e. The van der Waals surface area contributed by atoms with E-state index in [-0.39, 0.29) is 18.3 Å². The number of halogens is 1. The van der Waals surface area contributed by atoms with Crippen molar-refractivity contribution >= 4 is 18.3 Å². The highest BCUT2D eigenvalue weighted by atomic mass is 35.5. The van der Waals surface area contributed by atoms with Gasteiger partial charge in [0.25, 0.3) is 5.91 Å². The lowest BCUT2D eigenvalue weighted by Gasteiger charge is -2.24. The number of nitrogens with zero attached hydrogens (tertiary/aromatic N) is 5. The van der Waals surface area contributed by atoms with Gasteiger partial charge in [-0.25, -0.2) is 4.98 Å². The van der Waals surface area contributed by atoms with Crippen molar-refractivity contribution < 1.29 is 9.21 Å². The van der Waals surface area contributed by atoms with Crippen molar-refractivity contribution in [3.63, 3.8) is 0 Å². The minimum Gasteiger partial charge on any atom is -0.441 e. The molecule has 3 aromatic rings. The Bertz CT molecular complexity index is 1010. The molecule has 0 bridgehead atoms. The Morgan fingerprint density at radius 1 is 1.23 bits per heavy atom. The number of carbonyl (C=O) groups is 1. The van der Waals surface area contributed by atoms with Crippen LogP contribution in [0, 0.1) is 0 Å².